The molecule has 0 saturated carbocycles. The molecular weight excluding hydrogens is 298 g/mol. The van der Waals surface area contributed by atoms with Crippen molar-refractivity contribution in [3.63, 3.8) is 0 Å². The van der Waals surface area contributed by atoms with Crippen molar-refractivity contribution in [2.24, 2.45) is 5.73 Å². The fourth-order valence-electron chi connectivity index (χ4n) is 1.87. The molecule has 1 aromatic heterocycles. The van der Waals surface area contributed by atoms with Gasteiger partial charge in [0, 0.05) is 19.2 Å². The van der Waals surface area contributed by atoms with E-state index in [0.29, 0.717) is 11.6 Å². The van der Waals surface area contributed by atoms with E-state index in [0.717, 1.165) is 6.42 Å². The molecule has 21 heavy (non-hydrogen) atoms. The van der Waals surface area contributed by atoms with E-state index in [1.165, 1.54) is 6.07 Å². The van der Waals surface area contributed by atoms with Crippen molar-refractivity contribution < 1.29 is 19.5 Å². The molecule has 0 fully saturated rings. The summed E-state index contributed by atoms with van der Waals surface area (Å²) in [6.45, 7) is 2.54. The van der Waals surface area contributed by atoms with Gasteiger partial charge in [-0.15, -0.1) is 0 Å². The van der Waals surface area contributed by atoms with Crippen LogP contribution in [0.3, 0.4) is 0 Å². The first-order valence-electron chi connectivity index (χ1n) is 6.52. The molecule has 0 aliphatic rings. The number of carboxylic acid groups (broad SMARTS) is 1. The van der Waals surface area contributed by atoms with Gasteiger partial charge in [-0.3, -0.25) is 9.59 Å². The van der Waals surface area contributed by atoms with Gasteiger partial charge in [0.2, 0.25) is 5.91 Å². The van der Waals surface area contributed by atoms with Crippen LogP contribution < -0.4 is 11.1 Å². The molecule has 0 aliphatic heterocycles. The molecule has 1 heterocycles. The van der Waals surface area contributed by atoms with Gasteiger partial charge < -0.3 is 20.7 Å². The third-order valence-corrected chi connectivity index (χ3v) is 3.05. The molecule has 0 aromatic carbocycles. The van der Waals surface area contributed by atoms with E-state index >= 15 is 0 Å². The van der Waals surface area contributed by atoms with E-state index < -0.39 is 23.8 Å². The number of nitrogens with zero attached hydrogens (tertiary/aromatic N) is 1. The van der Waals surface area contributed by atoms with Gasteiger partial charge in [-0.05, 0) is 18.9 Å². The van der Waals surface area contributed by atoms with E-state index in [1.807, 2.05) is 6.92 Å². The smallest absolute Gasteiger partial charge is 0.326 e. The molecule has 1 atom stereocenters. The third-order valence-electron chi connectivity index (χ3n) is 2.84. The summed E-state index contributed by atoms with van der Waals surface area (Å²) < 4.78 is 1.66. The molecule has 0 unspecified atom stereocenters. The first kappa shape index (κ1) is 17.0. The molecule has 8 heteroatoms. The molecule has 4 N–H and O–H groups in total. The minimum Gasteiger partial charge on any atom is -0.480 e. The van der Waals surface area contributed by atoms with Crippen molar-refractivity contribution in [1.29, 1.82) is 0 Å². The van der Waals surface area contributed by atoms with Crippen molar-refractivity contribution in [1.82, 2.24) is 9.88 Å². The average Bonchev–Trinajstić information content (AvgIpc) is 2.75. The summed E-state index contributed by atoms with van der Waals surface area (Å²) >= 11 is 5.87. The zero-order chi connectivity index (χ0) is 16.0. The number of nitrogens with two attached hydrogens (primary N) is 1. The number of amides is 2. The van der Waals surface area contributed by atoms with E-state index in [-0.39, 0.29) is 18.5 Å². The zero-order valence-electron chi connectivity index (χ0n) is 11.6. The van der Waals surface area contributed by atoms with Gasteiger partial charge in [0.05, 0.1) is 5.02 Å². The maximum Gasteiger partial charge on any atom is 0.326 e. The summed E-state index contributed by atoms with van der Waals surface area (Å²) in [6, 6.07) is 0.299. The topological polar surface area (TPSA) is 114 Å². The SMILES string of the molecule is CCCn1cc(Cl)cc1C(=O)N[C@@H](CCC(N)=O)C(=O)O. The molecule has 0 spiro atoms. The Labute approximate surface area is 127 Å². The van der Waals surface area contributed by atoms with Crippen molar-refractivity contribution in [2.75, 3.05) is 0 Å². The first-order chi connectivity index (χ1) is 9.85. The van der Waals surface area contributed by atoms with Crippen molar-refractivity contribution in [2.45, 2.75) is 38.8 Å². The van der Waals surface area contributed by atoms with Crippen LogP contribution in [0.25, 0.3) is 0 Å². The Hall–Kier alpha value is -2.02. The highest BCUT2D eigenvalue weighted by Gasteiger charge is 2.23. The molecule has 2 amide bonds. The van der Waals surface area contributed by atoms with Crippen LogP contribution in [0, 0.1) is 0 Å². The quantitative estimate of drug-likeness (QED) is 0.663. The molecule has 0 bridgehead atoms. The molecule has 7 nitrogen and oxygen atoms in total. The minimum atomic E-state index is -1.22. The van der Waals surface area contributed by atoms with E-state index in [4.69, 9.17) is 22.4 Å². The van der Waals surface area contributed by atoms with Gasteiger partial charge in [-0.1, -0.05) is 18.5 Å². The molecule has 1 rings (SSSR count). The van der Waals surface area contributed by atoms with Crippen LogP contribution in [0.4, 0.5) is 0 Å². The van der Waals surface area contributed by atoms with Crippen LogP contribution in [0.15, 0.2) is 12.3 Å². The predicted octanol–water partition coefficient (Wildman–Crippen LogP) is 1.000. The third kappa shape index (κ3) is 5.11. The average molecular weight is 316 g/mol. The van der Waals surface area contributed by atoms with Gasteiger partial charge in [0.25, 0.3) is 5.91 Å². The molecular formula is C13H18ClN3O4. The highest BCUT2D eigenvalue weighted by molar-refractivity contribution is 6.31. The van der Waals surface area contributed by atoms with Gasteiger partial charge in [-0.25, -0.2) is 4.79 Å². The molecule has 1 aromatic rings. The maximum atomic E-state index is 12.1. The number of halogens is 1. The molecule has 0 aliphatic carbocycles. The number of rotatable bonds is 8. The Bertz CT molecular complexity index is 542. The van der Waals surface area contributed by atoms with E-state index in [1.54, 1.807) is 10.8 Å². The highest BCUT2D eigenvalue weighted by Crippen LogP contribution is 2.15. The van der Waals surface area contributed by atoms with Crippen LogP contribution in [0.2, 0.25) is 5.02 Å². The number of hydrogen-bond donors (Lipinski definition) is 3. The number of carboxylic acids is 1. The lowest BCUT2D eigenvalue weighted by Crippen LogP contribution is -2.42. The molecule has 0 radical (unpaired) electrons. The number of carbonyl (C=O) groups excluding carboxylic acids is 2. The van der Waals surface area contributed by atoms with Crippen LogP contribution in [-0.4, -0.2) is 33.5 Å². The summed E-state index contributed by atoms with van der Waals surface area (Å²) in [6.07, 6.45) is 2.24. The summed E-state index contributed by atoms with van der Waals surface area (Å²) in [7, 11) is 0. The Morgan fingerprint density at radius 1 is 1.48 bits per heavy atom. The lowest BCUT2D eigenvalue weighted by molar-refractivity contribution is -0.139. The largest absolute Gasteiger partial charge is 0.480 e. The van der Waals surface area contributed by atoms with Crippen LogP contribution >= 0.6 is 11.6 Å². The van der Waals surface area contributed by atoms with E-state index in [9.17, 15) is 14.4 Å². The predicted molar refractivity (Wildman–Crippen MR) is 77.1 cm³/mol. The number of nitrogens with one attached hydrogen (secondary N) is 1. The summed E-state index contributed by atoms with van der Waals surface area (Å²) in [5.41, 5.74) is 5.27. The van der Waals surface area contributed by atoms with Crippen molar-refractivity contribution >= 4 is 29.4 Å². The highest BCUT2D eigenvalue weighted by atomic mass is 35.5. The Kier molecular flexibility index (Phi) is 6.23. The van der Waals surface area contributed by atoms with Crippen LogP contribution in [0.5, 0.6) is 0 Å². The van der Waals surface area contributed by atoms with Crippen molar-refractivity contribution in [3.8, 4) is 0 Å². The Balaban J connectivity index is 2.81. The van der Waals surface area contributed by atoms with Gasteiger partial charge in [0.1, 0.15) is 11.7 Å². The summed E-state index contributed by atoms with van der Waals surface area (Å²) in [5.74, 6) is -2.38. The van der Waals surface area contributed by atoms with Gasteiger partial charge in [0.15, 0.2) is 0 Å². The second-order valence-electron chi connectivity index (χ2n) is 4.61. The number of aromatic nitrogens is 1. The lowest BCUT2D eigenvalue weighted by Gasteiger charge is -2.14. The number of hydrogen-bond acceptors (Lipinski definition) is 3. The second kappa shape index (κ2) is 7.68. The number of aliphatic carboxylic acids is 1. The zero-order valence-corrected chi connectivity index (χ0v) is 12.4. The van der Waals surface area contributed by atoms with Gasteiger partial charge in [-0.2, -0.15) is 0 Å². The fraction of sp³-hybridized carbons (Fsp3) is 0.462. The Morgan fingerprint density at radius 3 is 2.67 bits per heavy atom. The standard InChI is InChI=1S/C13H18ClN3O4/c1-2-5-17-7-8(14)6-10(17)12(19)16-9(13(20)21)3-4-11(15)18/h6-7,9H,2-5H2,1H3,(H2,15,18)(H,16,19)(H,20,21)/t9-/m0/s1. The number of primary amides is 1. The van der Waals surface area contributed by atoms with Gasteiger partial charge >= 0.3 is 5.97 Å². The summed E-state index contributed by atoms with van der Waals surface area (Å²) in [5, 5.41) is 11.8. The lowest BCUT2D eigenvalue weighted by atomic mass is 10.1. The van der Waals surface area contributed by atoms with E-state index in [2.05, 4.69) is 5.32 Å². The fourth-order valence-corrected chi connectivity index (χ4v) is 2.09. The molecule has 116 valence electrons. The Morgan fingerprint density at radius 2 is 2.14 bits per heavy atom. The molecule has 0 saturated heterocycles. The van der Waals surface area contributed by atoms with Crippen LogP contribution in [-0.2, 0) is 16.1 Å². The monoisotopic (exact) mass is 315 g/mol. The number of carbonyl (C=O) groups is 3. The second-order valence-corrected chi connectivity index (χ2v) is 5.04. The first-order valence-corrected chi connectivity index (χ1v) is 6.90. The number of aryl methyl sites for hydroxylation is 1. The summed E-state index contributed by atoms with van der Waals surface area (Å²) in [4.78, 5) is 34.0. The normalized spacial score (nSPS) is 11.9. The maximum absolute atomic E-state index is 12.1. The van der Waals surface area contributed by atoms with Crippen LogP contribution in [0.1, 0.15) is 36.7 Å². The van der Waals surface area contributed by atoms with Crippen molar-refractivity contribution in [3.05, 3.63) is 23.0 Å². The minimum absolute atomic E-state index is 0.0569.